The van der Waals surface area contributed by atoms with Gasteiger partial charge in [0.2, 0.25) is 0 Å². The zero-order chi connectivity index (χ0) is 12.6. The second-order valence-electron chi connectivity index (χ2n) is 4.05. The third kappa shape index (κ3) is 3.53. The Morgan fingerprint density at radius 1 is 1.00 bits per heavy atom. The zero-order valence-electron chi connectivity index (χ0n) is 10.3. The largest absolute Gasteiger partial charge is 0.370 e. The highest BCUT2D eigenvalue weighted by atomic mass is 15.0. The molecule has 4 heteroatoms. The minimum absolute atomic E-state index is 0.739. The van der Waals surface area contributed by atoms with Crippen molar-refractivity contribution < 1.29 is 0 Å². The fourth-order valence-corrected chi connectivity index (χ4v) is 1.68. The Morgan fingerprint density at radius 3 is 2.67 bits per heavy atom. The van der Waals surface area contributed by atoms with Crippen LogP contribution in [0.1, 0.15) is 12.8 Å². The molecule has 4 nitrogen and oxygen atoms in total. The summed E-state index contributed by atoms with van der Waals surface area (Å²) in [6.45, 7) is 1.64. The molecule has 2 aromatic heterocycles. The number of unbranched alkanes of at least 4 members (excludes halogenated alkanes) is 1. The first-order chi connectivity index (χ1) is 8.90. The Bertz CT molecular complexity index is 470. The number of aromatic nitrogens is 2. The first kappa shape index (κ1) is 12.5. The molecule has 0 fully saturated rings. The van der Waals surface area contributed by atoms with Crippen LogP contribution in [0.5, 0.6) is 0 Å². The van der Waals surface area contributed by atoms with Gasteiger partial charge < -0.3 is 11.1 Å². The third-order valence-corrected chi connectivity index (χ3v) is 2.61. The van der Waals surface area contributed by atoms with Crippen LogP contribution in [0, 0.1) is 0 Å². The van der Waals surface area contributed by atoms with Crippen molar-refractivity contribution in [1.82, 2.24) is 9.97 Å². The Hall–Kier alpha value is -1.94. The smallest absolute Gasteiger partial charge is 0.126 e. The van der Waals surface area contributed by atoms with Crippen LogP contribution in [-0.2, 0) is 0 Å². The van der Waals surface area contributed by atoms with Gasteiger partial charge in [-0.2, -0.15) is 0 Å². The highest BCUT2D eigenvalue weighted by Crippen LogP contribution is 2.15. The van der Waals surface area contributed by atoms with Crippen molar-refractivity contribution in [3.8, 4) is 11.4 Å². The fourth-order valence-electron chi connectivity index (χ4n) is 1.68. The Kier molecular flexibility index (Phi) is 4.67. The van der Waals surface area contributed by atoms with Gasteiger partial charge >= 0.3 is 0 Å². The molecule has 0 spiro atoms. The van der Waals surface area contributed by atoms with Crippen LogP contribution in [0.25, 0.3) is 11.4 Å². The lowest BCUT2D eigenvalue weighted by Gasteiger charge is -2.06. The van der Waals surface area contributed by atoms with E-state index in [1.165, 1.54) is 0 Å². The summed E-state index contributed by atoms with van der Waals surface area (Å²) in [7, 11) is 0. The van der Waals surface area contributed by atoms with Gasteiger partial charge in [-0.05, 0) is 43.7 Å². The molecule has 0 saturated heterocycles. The van der Waals surface area contributed by atoms with Gasteiger partial charge in [0.1, 0.15) is 5.82 Å². The maximum absolute atomic E-state index is 5.46. The van der Waals surface area contributed by atoms with Crippen molar-refractivity contribution in [1.29, 1.82) is 0 Å². The zero-order valence-corrected chi connectivity index (χ0v) is 10.3. The molecule has 0 aromatic carbocycles. The summed E-state index contributed by atoms with van der Waals surface area (Å²) in [5, 5.41) is 3.30. The van der Waals surface area contributed by atoms with E-state index in [0.29, 0.717) is 0 Å². The van der Waals surface area contributed by atoms with E-state index in [2.05, 4.69) is 15.3 Å². The summed E-state index contributed by atoms with van der Waals surface area (Å²) in [5.74, 6) is 0.884. The van der Waals surface area contributed by atoms with Crippen LogP contribution in [0.15, 0.2) is 42.6 Å². The molecule has 0 atom stereocenters. The van der Waals surface area contributed by atoms with E-state index in [1.807, 2.05) is 36.4 Å². The predicted molar refractivity (Wildman–Crippen MR) is 74.2 cm³/mol. The van der Waals surface area contributed by atoms with Gasteiger partial charge in [0, 0.05) is 12.7 Å². The maximum atomic E-state index is 5.46. The van der Waals surface area contributed by atoms with Gasteiger partial charge in [0.15, 0.2) is 0 Å². The number of anilines is 1. The lowest BCUT2D eigenvalue weighted by Crippen LogP contribution is -2.06. The van der Waals surface area contributed by atoms with Crippen molar-refractivity contribution in [2.24, 2.45) is 5.73 Å². The predicted octanol–water partition coefficient (Wildman–Crippen LogP) is 2.29. The van der Waals surface area contributed by atoms with E-state index in [9.17, 15) is 0 Å². The number of hydrogen-bond donors (Lipinski definition) is 2. The standard InChI is InChI=1S/C14H18N4/c15-9-2-4-11-17-14-8-5-7-13(18-14)12-6-1-3-10-16-12/h1,3,5-8,10H,2,4,9,11,15H2,(H,17,18). The molecular formula is C14H18N4. The molecule has 94 valence electrons. The van der Waals surface area contributed by atoms with Crippen molar-refractivity contribution >= 4 is 5.82 Å². The molecule has 18 heavy (non-hydrogen) atoms. The quantitative estimate of drug-likeness (QED) is 0.763. The van der Waals surface area contributed by atoms with Crippen LogP contribution in [0.3, 0.4) is 0 Å². The Morgan fingerprint density at radius 2 is 1.89 bits per heavy atom. The second-order valence-corrected chi connectivity index (χ2v) is 4.05. The molecule has 2 aromatic rings. The number of pyridine rings is 2. The van der Waals surface area contributed by atoms with Crippen molar-refractivity contribution in [3.05, 3.63) is 42.6 Å². The van der Waals surface area contributed by atoms with Crippen molar-refractivity contribution in [2.75, 3.05) is 18.4 Å². The first-order valence-electron chi connectivity index (χ1n) is 6.22. The second kappa shape index (κ2) is 6.71. The average molecular weight is 242 g/mol. The fraction of sp³-hybridized carbons (Fsp3) is 0.286. The van der Waals surface area contributed by atoms with Crippen LogP contribution < -0.4 is 11.1 Å². The number of nitrogens with two attached hydrogens (primary N) is 1. The van der Waals surface area contributed by atoms with E-state index in [4.69, 9.17) is 5.73 Å². The molecule has 0 bridgehead atoms. The lowest BCUT2D eigenvalue weighted by molar-refractivity contribution is 0.772. The number of nitrogens with zero attached hydrogens (tertiary/aromatic N) is 2. The summed E-state index contributed by atoms with van der Waals surface area (Å²) in [6.07, 6.45) is 3.87. The van der Waals surface area contributed by atoms with E-state index < -0.39 is 0 Å². The third-order valence-electron chi connectivity index (χ3n) is 2.61. The molecule has 2 heterocycles. The molecule has 0 unspecified atom stereocenters. The first-order valence-corrected chi connectivity index (χ1v) is 6.22. The van der Waals surface area contributed by atoms with E-state index in [0.717, 1.165) is 43.1 Å². The molecular weight excluding hydrogens is 224 g/mol. The molecule has 0 amide bonds. The van der Waals surface area contributed by atoms with Crippen molar-refractivity contribution in [2.45, 2.75) is 12.8 Å². The number of nitrogens with one attached hydrogen (secondary N) is 1. The highest BCUT2D eigenvalue weighted by molar-refractivity contribution is 5.56. The van der Waals surface area contributed by atoms with Crippen LogP contribution in [-0.4, -0.2) is 23.1 Å². The minimum atomic E-state index is 0.739. The molecule has 2 rings (SSSR count). The van der Waals surface area contributed by atoms with Crippen LogP contribution in [0.4, 0.5) is 5.82 Å². The summed E-state index contributed by atoms with van der Waals surface area (Å²) < 4.78 is 0. The highest BCUT2D eigenvalue weighted by Gasteiger charge is 2.00. The topological polar surface area (TPSA) is 63.8 Å². The average Bonchev–Trinajstić information content (AvgIpc) is 2.45. The minimum Gasteiger partial charge on any atom is -0.370 e. The number of rotatable bonds is 6. The summed E-state index contributed by atoms with van der Waals surface area (Å²) >= 11 is 0. The SMILES string of the molecule is NCCCCNc1cccc(-c2ccccn2)n1. The van der Waals surface area contributed by atoms with Crippen molar-refractivity contribution in [3.63, 3.8) is 0 Å². The van der Waals surface area contributed by atoms with Gasteiger partial charge in [-0.1, -0.05) is 12.1 Å². The molecule has 0 radical (unpaired) electrons. The maximum Gasteiger partial charge on any atom is 0.126 e. The Balaban J connectivity index is 2.02. The van der Waals surface area contributed by atoms with E-state index in [1.54, 1.807) is 6.20 Å². The van der Waals surface area contributed by atoms with E-state index >= 15 is 0 Å². The van der Waals surface area contributed by atoms with Gasteiger partial charge in [0.05, 0.1) is 11.4 Å². The molecule has 0 aliphatic carbocycles. The number of hydrogen-bond acceptors (Lipinski definition) is 4. The van der Waals surface area contributed by atoms with Gasteiger partial charge in [-0.15, -0.1) is 0 Å². The molecule has 0 saturated carbocycles. The van der Waals surface area contributed by atoms with Gasteiger partial charge in [0.25, 0.3) is 0 Å². The lowest BCUT2D eigenvalue weighted by atomic mass is 10.2. The van der Waals surface area contributed by atoms with Gasteiger partial charge in [-0.3, -0.25) is 4.98 Å². The molecule has 0 aliphatic heterocycles. The summed E-state index contributed by atoms with van der Waals surface area (Å²) in [6, 6.07) is 11.7. The molecule has 0 aliphatic rings. The van der Waals surface area contributed by atoms with E-state index in [-0.39, 0.29) is 0 Å². The van der Waals surface area contributed by atoms with Gasteiger partial charge in [-0.25, -0.2) is 4.98 Å². The normalized spacial score (nSPS) is 10.3. The Labute approximate surface area is 107 Å². The monoisotopic (exact) mass is 242 g/mol. The van der Waals surface area contributed by atoms with Crippen LogP contribution in [0.2, 0.25) is 0 Å². The van der Waals surface area contributed by atoms with Crippen LogP contribution >= 0.6 is 0 Å². The summed E-state index contributed by atoms with van der Waals surface area (Å²) in [4.78, 5) is 8.83. The summed E-state index contributed by atoms with van der Waals surface area (Å²) in [5.41, 5.74) is 7.24. The molecule has 3 N–H and O–H groups in total.